The van der Waals surface area contributed by atoms with Gasteiger partial charge in [0.2, 0.25) is 0 Å². The Morgan fingerprint density at radius 2 is 1.93 bits per heavy atom. The molecule has 8 heteroatoms. The van der Waals surface area contributed by atoms with Gasteiger partial charge in [0.15, 0.2) is 0 Å². The number of rotatable bonds is 4. The number of hydrogen-bond acceptors (Lipinski definition) is 5. The lowest BCUT2D eigenvalue weighted by Gasteiger charge is -2.29. The van der Waals surface area contributed by atoms with E-state index in [0.29, 0.717) is 22.0 Å². The molecule has 0 atom stereocenters. The highest BCUT2D eigenvalue weighted by Crippen LogP contribution is 2.31. The van der Waals surface area contributed by atoms with Gasteiger partial charge in [-0.2, -0.15) is 0 Å². The quantitative estimate of drug-likeness (QED) is 0.746. The minimum Gasteiger partial charge on any atom is -0.370 e. The van der Waals surface area contributed by atoms with Gasteiger partial charge in [0.1, 0.15) is 6.33 Å². The molecule has 7 nitrogen and oxygen atoms in total. The van der Waals surface area contributed by atoms with Crippen molar-refractivity contribution in [3.8, 4) is 5.69 Å². The number of piperidine rings is 1. The maximum atomic E-state index is 12.6. The van der Waals surface area contributed by atoms with Crippen molar-refractivity contribution < 1.29 is 4.79 Å². The fourth-order valence-electron chi connectivity index (χ4n) is 3.25. The third kappa shape index (κ3) is 3.93. The lowest BCUT2D eigenvalue weighted by molar-refractivity contribution is 0.102. The third-order valence-electron chi connectivity index (χ3n) is 4.62. The molecule has 0 bridgehead atoms. The van der Waals surface area contributed by atoms with Gasteiger partial charge in [-0.15, -0.1) is 5.10 Å². The van der Waals surface area contributed by atoms with E-state index in [1.807, 2.05) is 18.2 Å². The van der Waals surface area contributed by atoms with Crippen molar-refractivity contribution in [1.29, 1.82) is 0 Å². The standard InChI is InChI=1S/C19H19ClN6O/c20-17-12-15(7-8-18(17)25-9-2-1-3-10-25)22-19(27)14-5-4-6-16(11-14)26-13-21-23-24-26/h4-8,11-13H,1-3,9-10H2,(H,22,27). The van der Waals surface area contributed by atoms with Crippen LogP contribution in [0.4, 0.5) is 11.4 Å². The predicted octanol–water partition coefficient (Wildman–Crippen LogP) is 3.56. The second kappa shape index (κ2) is 7.75. The number of tetrazole rings is 1. The van der Waals surface area contributed by atoms with Gasteiger partial charge in [-0.1, -0.05) is 17.7 Å². The highest BCUT2D eigenvalue weighted by molar-refractivity contribution is 6.33. The van der Waals surface area contributed by atoms with Crippen molar-refractivity contribution in [1.82, 2.24) is 20.2 Å². The van der Waals surface area contributed by atoms with Crippen LogP contribution in [0.15, 0.2) is 48.8 Å². The molecule has 1 aliphatic heterocycles. The van der Waals surface area contributed by atoms with Gasteiger partial charge in [-0.25, -0.2) is 4.68 Å². The summed E-state index contributed by atoms with van der Waals surface area (Å²) >= 11 is 6.47. The van der Waals surface area contributed by atoms with Crippen LogP contribution in [0.25, 0.3) is 5.69 Å². The Morgan fingerprint density at radius 1 is 1.07 bits per heavy atom. The summed E-state index contributed by atoms with van der Waals surface area (Å²) in [5, 5.41) is 14.6. The Bertz CT molecular complexity index is 937. The molecule has 1 aromatic heterocycles. The van der Waals surface area contributed by atoms with Gasteiger partial charge in [0.05, 0.1) is 16.4 Å². The Balaban J connectivity index is 1.50. The summed E-state index contributed by atoms with van der Waals surface area (Å²) in [4.78, 5) is 14.9. The maximum absolute atomic E-state index is 12.6. The average Bonchev–Trinajstić information content (AvgIpc) is 3.24. The van der Waals surface area contributed by atoms with Crippen LogP contribution in [0, 0.1) is 0 Å². The van der Waals surface area contributed by atoms with Crippen molar-refractivity contribution in [3.63, 3.8) is 0 Å². The van der Waals surface area contributed by atoms with Crippen LogP contribution in [0.1, 0.15) is 29.6 Å². The molecule has 1 saturated heterocycles. The van der Waals surface area contributed by atoms with E-state index in [1.165, 1.54) is 30.3 Å². The zero-order valence-electron chi connectivity index (χ0n) is 14.7. The van der Waals surface area contributed by atoms with Gasteiger partial charge in [0, 0.05) is 24.3 Å². The van der Waals surface area contributed by atoms with Crippen LogP contribution in [0.5, 0.6) is 0 Å². The van der Waals surface area contributed by atoms with Crippen molar-refractivity contribution >= 4 is 28.9 Å². The van der Waals surface area contributed by atoms with Crippen molar-refractivity contribution in [2.75, 3.05) is 23.3 Å². The van der Waals surface area contributed by atoms with Crippen LogP contribution in [-0.2, 0) is 0 Å². The van der Waals surface area contributed by atoms with Gasteiger partial charge in [0.25, 0.3) is 5.91 Å². The first-order valence-corrected chi connectivity index (χ1v) is 9.28. The third-order valence-corrected chi connectivity index (χ3v) is 4.93. The second-order valence-corrected chi connectivity index (χ2v) is 6.88. The highest BCUT2D eigenvalue weighted by Gasteiger charge is 2.15. The first-order chi connectivity index (χ1) is 13.2. The number of nitrogens with zero attached hydrogens (tertiary/aromatic N) is 5. The molecule has 27 heavy (non-hydrogen) atoms. The molecule has 4 rings (SSSR count). The maximum Gasteiger partial charge on any atom is 0.255 e. The van der Waals surface area contributed by atoms with Crippen LogP contribution in [0.2, 0.25) is 5.02 Å². The molecule has 1 N–H and O–H groups in total. The first-order valence-electron chi connectivity index (χ1n) is 8.90. The molecule has 0 aliphatic carbocycles. The molecule has 0 radical (unpaired) electrons. The number of nitrogens with one attached hydrogen (secondary N) is 1. The number of carbonyl (C=O) groups is 1. The summed E-state index contributed by atoms with van der Waals surface area (Å²) in [5.41, 5.74) is 2.92. The monoisotopic (exact) mass is 382 g/mol. The zero-order chi connectivity index (χ0) is 18.6. The highest BCUT2D eigenvalue weighted by atomic mass is 35.5. The van der Waals surface area contributed by atoms with E-state index in [0.717, 1.165) is 18.8 Å². The van der Waals surface area contributed by atoms with Gasteiger partial charge < -0.3 is 10.2 Å². The van der Waals surface area contributed by atoms with Crippen molar-refractivity contribution in [2.24, 2.45) is 0 Å². The normalized spacial score (nSPS) is 14.2. The number of aromatic nitrogens is 4. The summed E-state index contributed by atoms with van der Waals surface area (Å²) in [6.45, 7) is 2.05. The largest absolute Gasteiger partial charge is 0.370 e. The summed E-state index contributed by atoms with van der Waals surface area (Å²) in [5.74, 6) is -0.216. The smallest absolute Gasteiger partial charge is 0.255 e. The number of carbonyl (C=O) groups excluding carboxylic acids is 1. The molecule has 2 heterocycles. The van der Waals surface area contributed by atoms with E-state index in [4.69, 9.17) is 11.6 Å². The number of amides is 1. The van der Waals surface area contributed by atoms with E-state index < -0.39 is 0 Å². The lowest BCUT2D eigenvalue weighted by atomic mass is 10.1. The molecule has 0 saturated carbocycles. The van der Waals surface area contributed by atoms with Crippen molar-refractivity contribution in [3.05, 3.63) is 59.4 Å². The number of anilines is 2. The Labute approximate surface area is 161 Å². The second-order valence-electron chi connectivity index (χ2n) is 6.47. The Kier molecular flexibility index (Phi) is 5.02. The Morgan fingerprint density at radius 3 is 2.67 bits per heavy atom. The summed E-state index contributed by atoms with van der Waals surface area (Å²) in [6, 6.07) is 12.8. The van der Waals surface area contributed by atoms with Gasteiger partial charge in [-0.05, 0) is 66.1 Å². The topological polar surface area (TPSA) is 75.9 Å². The fourth-order valence-corrected chi connectivity index (χ4v) is 3.55. The number of hydrogen-bond donors (Lipinski definition) is 1. The lowest BCUT2D eigenvalue weighted by Crippen LogP contribution is -2.29. The van der Waals surface area contributed by atoms with Crippen molar-refractivity contribution in [2.45, 2.75) is 19.3 Å². The first kappa shape index (κ1) is 17.5. The molecule has 138 valence electrons. The fraction of sp³-hybridized carbons (Fsp3) is 0.263. The molecule has 1 fully saturated rings. The van der Waals surface area contributed by atoms with Crippen LogP contribution >= 0.6 is 11.6 Å². The molecule has 0 unspecified atom stereocenters. The van der Waals surface area contributed by atoms with E-state index in [-0.39, 0.29) is 5.91 Å². The van der Waals surface area contributed by atoms with E-state index >= 15 is 0 Å². The van der Waals surface area contributed by atoms with E-state index in [9.17, 15) is 4.79 Å². The molecule has 0 spiro atoms. The summed E-state index contributed by atoms with van der Waals surface area (Å²) < 4.78 is 1.50. The predicted molar refractivity (Wildman–Crippen MR) is 105 cm³/mol. The zero-order valence-corrected chi connectivity index (χ0v) is 15.4. The molecule has 2 aromatic carbocycles. The minimum absolute atomic E-state index is 0.216. The average molecular weight is 383 g/mol. The van der Waals surface area contributed by atoms with Gasteiger partial charge >= 0.3 is 0 Å². The summed E-state index contributed by atoms with van der Waals surface area (Å²) in [6.07, 6.45) is 5.13. The number of halogens is 1. The SMILES string of the molecule is O=C(Nc1ccc(N2CCCCC2)c(Cl)c1)c1cccc(-n2cnnn2)c1. The van der Waals surface area contributed by atoms with E-state index in [2.05, 4.69) is 25.7 Å². The van der Waals surface area contributed by atoms with Crippen LogP contribution in [0.3, 0.4) is 0 Å². The van der Waals surface area contributed by atoms with Gasteiger partial charge in [-0.3, -0.25) is 4.79 Å². The molecular formula is C19H19ClN6O. The van der Waals surface area contributed by atoms with Crippen LogP contribution in [-0.4, -0.2) is 39.2 Å². The molecule has 1 amide bonds. The van der Waals surface area contributed by atoms with Crippen LogP contribution < -0.4 is 10.2 Å². The summed E-state index contributed by atoms with van der Waals surface area (Å²) in [7, 11) is 0. The minimum atomic E-state index is -0.216. The number of benzene rings is 2. The Hall–Kier alpha value is -2.93. The molecule has 3 aromatic rings. The molecule has 1 aliphatic rings. The van der Waals surface area contributed by atoms with E-state index in [1.54, 1.807) is 24.3 Å². The molecular weight excluding hydrogens is 364 g/mol.